The summed E-state index contributed by atoms with van der Waals surface area (Å²) in [6, 6.07) is 12.0. The van der Waals surface area contributed by atoms with Gasteiger partial charge in [-0.3, -0.25) is 10.1 Å². The van der Waals surface area contributed by atoms with Gasteiger partial charge in [0.05, 0.1) is 0 Å². The Morgan fingerprint density at radius 2 is 1.79 bits per heavy atom. The van der Waals surface area contributed by atoms with Gasteiger partial charge in [0.1, 0.15) is 11.6 Å². The second-order valence-corrected chi connectivity index (χ2v) is 6.03. The average Bonchev–Trinajstić information content (AvgIpc) is 2.56. The molecule has 2 aromatic rings. The first-order chi connectivity index (χ1) is 11.5. The van der Waals surface area contributed by atoms with Gasteiger partial charge in [0, 0.05) is 29.7 Å². The summed E-state index contributed by atoms with van der Waals surface area (Å²) >= 11 is 1.09. The fourth-order valence-electron chi connectivity index (χ4n) is 1.86. The van der Waals surface area contributed by atoms with Crippen molar-refractivity contribution >= 4 is 23.7 Å². The molecule has 0 spiro atoms. The first-order valence-electron chi connectivity index (χ1n) is 7.24. The SMILES string of the molecule is O=C(CCSc1ccc(F)cc1F)NC(=O)NCc1ccccc1. The smallest absolute Gasteiger partial charge is 0.321 e. The number of amides is 3. The number of carbonyl (C=O) groups excluding carboxylic acids is 2. The fraction of sp³-hybridized carbons (Fsp3) is 0.176. The molecule has 0 radical (unpaired) electrons. The molecular weight excluding hydrogens is 334 g/mol. The minimum Gasteiger partial charge on any atom is -0.334 e. The molecule has 0 aliphatic rings. The van der Waals surface area contributed by atoms with Gasteiger partial charge in [0.25, 0.3) is 0 Å². The van der Waals surface area contributed by atoms with Crippen LogP contribution in [0.15, 0.2) is 53.4 Å². The van der Waals surface area contributed by atoms with E-state index in [1.807, 2.05) is 30.3 Å². The number of thioether (sulfide) groups is 1. The second kappa shape index (κ2) is 9.02. The number of hydrogen-bond donors (Lipinski definition) is 2. The molecule has 2 aromatic carbocycles. The van der Waals surface area contributed by atoms with Gasteiger partial charge in [-0.05, 0) is 17.7 Å². The standard InChI is InChI=1S/C17H16F2N2O2S/c18-13-6-7-15(14(19)10-13)24-9-8-16(22)21-17(23)20-11-12-4-2-1-3-5-12/h1-7,10H,8-9,11H2,(H2,20,21,22,23). The minimum absolute atomic E-state index is 0.0419. The highest BCUT2D eigenvalue weighted by Gasteiger charge is 2.09. The summed E-state index contributed by atoms with van der Waals surface area (Å²) in [7, 11) is 0. The zero-order valence-corrected chi connectivity index (χ0v) is 13.5. The molecule has 7 heteroatoms. The van der Waals surface area contributed by atoms with Gasteiger partial charge in [-0.25, -0.2) is 13.6 Å². The lowest BCUT2D eigenvalue weighted by molar-refractivity contribution is -0.119. The van der Waals surface area contributed by atoms with Crippen LogP contribution in [0.2, 0.25) is 0 Å². The van der Waals surface area contributed by atoms with Crippen LogP contribution in [0.4, 0.5) is 13.6 Å². The molecule has 0 saturated heterocycles. The molecule has 0 saturated carbocycles. The summed E-state index contributed by atoms with van der Waals surface area (Å²) in [6.07, 6.45) is 0.0419. The Bertz CT molecular complexity index is 711. The molecule has 0 bridgehead atoms. The first-order valence-corrected chi connectivity index (χ1v) is 8.22. The Labute approximate surface area is 142 Å². The van der Waals surface area contributed by atoms with E-state index < -0.39 is 23.6 Å². The number of imide groups is 1. The molecule has 2 N–H and O–H groups in total. The van der Waals surface area contributed by atoms with E-state index in [-0.39, 0.29) is 17.1 Å². The van der Waals surface area contributed by atoms with E-state index in [0.717, 1.165) is 29.5 Å². The molecule has 126 valence electrons. The summed E-state index contributed by atoms with van der Waals surface area (Å²) in [5.74, 6) is -1.50. The Hall–Kier alpha value is -2.41. The van der Waals surface area contributed by atoms with Crippen molar-refractivity contribution in [2.45, 2.75) is 17.9 Å². The maximum absolute atomic E-state index is 13.4. The molecule has 0 aromatic heterocycles. The van der Waals surface area contributed by atoms with Gasteiger partial charge in [-0.15, -0.1) is 11.8 Å². The third-order valence-electron chi connectivity index (χ3n) is 3.03. The summed E-state index contributed by atoms with van der Waals surface area (Å²) < 4.78 is 26.2. The van der Waals surface area contributed by atoms with Gasteiger partial charge in [-0.1, -0.05) is 30.3 Å². The predicted molar refractivity (Wildman–Crippen MR) is 88.5 cm³/mol. The lowest BCUT2D eigenvalue weighted by Gasteiger charge is -2.07. The van der Waals surface area contributed by atoms with Crippen molar-refractivity contribution in [2.75, 3.05) is 5.75 Å². The summed E-state index contributed by atoms with van der Waals surface area (Å²) in [6.45, 7) is 0.315. The molecule has 0 fully saturated rings. The van der Waals surface area contributed by atoms with Crippen LogP contribution in [0.5, 0.6) is 0 Å². The molecule has 0 aliphatic carbocycles. The van der Waals surface area contributed by atoms with Crippen LogP contribution in [0, 0.1) is 11.6 Å². The molecule has 0 heterocycles. The monoisotopic (exact) mass is 350 g/mol. The lowest BCUT2D eigenvalue weighted by Crippen LogP contribution is -2.39. The Kier molecular flexibility index (Phi) is 6.74. The van der Waals surface area contributed by atoms with E-state index in [1.165, 1.54) is 6.07 Å². The van der Waals surface area contributed by atoms with Crippen molar-refractivity contribution in [1.82, 2.24) is 10.6 Å². The minimum atomic E-state index is -0.666. The molecular formula is C17H16F2N2O2S. The maximum Gasteiger partial charge on any atom is 0.321 e. The number of nitrogens with one attached hydrogen (secondary N) is 2. The van der Waals surface area contributed by atoms with Crippen molar-refractivity contribution in [3.05, 3.63) is 65.7 Å². The third-order valence-corrected chi connectivity index (χ3v) is 4.08. The number of urea groups is 1. The van der Waals surface area contributed by atoms with Crippen LogP contribution in [-0.4, -0.2) is 17.7 Å². The molecule has 3 amide bonds. The van der Waals surface area contributed by atoms with Crippen LogP contribution in [0.3, 0.4) is 0 Å². The summed E-state index contributed by atoms with van der Waals surface area (Å²) in [5, 5.41) is 4.78. The van der Waals surface area contributed by atoms with E-state index in [2.05, 4.69) is 10.6 Å². The van der Waals surface area contributed by atoms with Gasteiger partial charge < -0.3 is 5.32 Å². The topological polar surface area (TPSA) is 58.2 Å². The summed E-state index contributed by atoms with van der Waals surface area (Å²) in [5.41, 5.74) is 0.919. The normalized spacial score (nSPS) is 10.2. The number of halogens is 2. The number of rotatable bonds is 6. The Balaban J connectivity index is 1.68. The highest BCUT2D eigenvalue weighted by Crippen LogP contribution is 2.22. The van der Waals surface area contributed by atoms with Crippen LogP contribution in [0.25, 0.3) is 0 Å². The van der Waals surface area contributed by atoms with E-state index in [4.69, 9.17) is 0 Å². The highest BCUT2D eigenvalue weighted by molar-refractivity contribution is 7.99. The average molecular weight is 350 g/mol. The van der Waals surface area contributed by atoms with Crippen molar-refractivity contribution in [3.63, 3.8) is 0 Å². The number of hydrogen-bond acceptors (Lipinski definition) is 3. The van der Waals surface area contributed by atoms with Crippen LogP contribution in [-0.2, 0) is 11.3 Å². The maximum atomic E-state index is 13.4. The number of benzene rings is 2. The molecule has 2 rings (SSSR count). The van der Waals surface area contributed by atoms with E-state index in [1.54, 1.807) is 0 Å². The van der Waals surface area contributed by atoms with E-state index in [9.17, 15) is 18.4 Å². The third kappa shape index (κ3) is 6.00. The Morgan fingerprint density at radius 1 is 1.04 bits per heavy atom. The molecule has 24 heavy (non-hydrogen) atoms. The van der Waals surface area contributed by atoms with Gasteiger partial charge in [0.2, 0.25) is 5.91 Å². The van der Waals surface area contributed by atoms with Crippen molar-refractivity contribution in [3.8, 4) is 0 Å². The van der Waals surface area contributed by atoms with Gasteiger partial charge in [0.15, 0.2) is 0 Å². The van der Waals surface area contributed by atoms with Crippen LogP contribution in [0.1, 0.15) is 12.0 Å². The van der Waals surface area contributed by atoms with Crippen molar-refractivity contribution < 1.29 is 18.4 Å². The van der Waals surface area contributed by atoms with Crippen LogP contribution < -0.4 is 10.6 Å². The zero-order chi connectivity index (χ0) is 17.4. The van der Waals surface area contributed by atoms with E-state index in [0.29, 0.717) is 6.54 Å². The van der Waals surface area contributed by atoms with Gasteiger partial charge >= 0.3 is 6.03 Å². The second-order valence-electron chi connectivity index (χ2n) is 4.89. The lowest BCUT2D eigenvalue weighted by atomic mass is 10.2. The predicted octanol–water partition coefficient (Wildman–Crippen LogP) is 3.47. The van der Waals surface area contributed by atoms with Crippen molar-refractivity contribution in [1.29, 1.82) is 0 Å². The zero-order valence-electron chi connectivity index (χ0n) is 12.7. The number of carbonyl (C=O) groups is 2. The first kappa shape index (κ1) is 17.9. The molecule has 0 atom stereocenters. The van der Waals surface area contributed by atoms with Gasteiger partial charge in [-0.2, -0.15) is 0 Å². The molecule has 0 aliphatic heterocycles. The molecule has 4 nitrogen and oxygen atoms in total. The van der Waals surface area contributed by atoms with Crippen LogP contribution >= 0.6 is 11.8 Å². The quantitative estimate of drug-likeness (QED) is 0.785. The van der Waals surface area contributed by atoms with Crippen molar-refractivity contribution in [2.24, 2.45) is 0 Å². The highest BCUT2D eigenvalue weighted by atomic mass is 32.2. The Morgan fingerprint density at radius 3 is 2.50 bits per heavy atom. The summed E-state index contributed by atoms with van der Waals surface area (Å²) in [4.78, 5) is 23.5. The fourth-order valence-corrected chi connectivity index (χ4v) is 2.73. The largest absolute Gasteiger partial charge is 0.334 e. The molecule has 0 unspecified atom stereocenters. The van der Waals surface area contributed by atoms with E-state index >= 15 is 0 Å².